The lowest BCUT2D eigenvalue weighted by atomic mass is 9.94. The van der Waals surface area contributed by atoms with Gasteiger partial charge in [-0.3, -0.25) is 4.79 Å². The maximum absolute atomic E-state index is 12.4. The molecule has 0 spiro atoms. The number of hydrogen-bond donors (Lipinski definition) is 1. The molecule has 0 bridgehead atoms. The molecular weight excluding hydrogens is 328 g/mol. The normalized spacial score (nSPS) is 19.9. The Bertz CT molecular complexity index is 729. The molecule has 6 nitrogen and oxygen atoms in total. The molecule has 1 aromatic carbocycles. The van der Waals surface area contributed by atoms with E-state index < -0.39 is 0 Å². The van der Waals surface area contributed by atoms with E-state index in [9.17, 15) is 4.79 Å². The van der Waals surface area contributed by atoms with E-state index >= 15 is 0 Å². The number of rotatable bonds is 4. The maximum atomic E-state index is 12.4. The third kappa shape index (κ3) is 4.13. The molecule has 7 heteroatoms. The fourth-order valence-corrected chi connectivity index (χ4v) is 3.09. The number of halogens is 1. The molecular formula is C17H21ClN4O2. The van der Waals surface area contributed by atoms with Crippen LogP contribution in [0.4, 0.5) is 0 Å². The topological polar surface area (TPSA) is 69.0 Å². The van der Waals surface area contributed by atoms with Crippen molar-refractivity contribution < 1.29 is 9.53 Å². The van der Waals surface area contributed by atoms with Crippen LogP contribution in [0, 0.1) is 0 Å². The first-order valence-electron chi connectivity index (χ1n) is 8.01. The minimum absolute atomic E-state index is 0.0926. The van der Waals surface area contributed by atoms with Crippen LogP contribution in [0.25, 0.3) is 0 Å². The first-order chi connectivity index (χ1) is 11.4. The van der Waals surface area contributed by atoms with Crippen molar-refractivity contribution >= 4 is 17.5 Å². The van der Waals surface area contributed by atoms with Crippen molar-refractivity contribution in [1.82, 2.24) is 20.3 Å². The van der Waals surface area contributed by atoms with E-state index in [1.54, 1.807) is 10.9 Å². The van der Waals surface area contributed by atoms with Gasteiger partial charge in [0.05, 0.1) is 18.3 Å². The molecule has 0 saturated carbocycles. The van der Waals surface area contributed by atoms with Crippen LogP contribution >= 0.6 is 11.6 Å². The van der Waals surface area contributed by atoms with E-state index in [-0.39, 0.29) is 17.6 Å². The van der Waals surface area contributed by atoms with Crippen LogP contribution in [0.1, 0.15) is 42.7 Å². The number of ether oxygens (including phenoxy) is 1. The van der Waals surface area contributed by atoms with Crippen LogP contribution in [-0.4, -0.2) is 39.2 Å². The van der Waals surface area contributed by atoms with Gasteiger partial charge in [-0.25, -0.2) is 4.68 Å². The van der Waals surface area contributed by atoms with Crippen molar-refractivity contribution in [1.29, 1.82) is 0 Å². The summed E-state index contributed by atoms with van der Waals surface area (Å²) in [4.78, 5) is 12.4. The summed E-state index contributed by atoms with van der Waals surface area (Å²) in [5, 5.41) is 11.7. The van der Waals surface area contributed by atoms with Gasteiger partial charge in [-0.1, -0.05) is 35.0 Å². The minimum atomic E-state index is -0.210. The van der Waals surface area contributed by atoms with Gasteiger partial charge < -0.3 is 10.1 Å². The second-order valence-electron chi connectivity index (χ2n) is 6.66. The number of carbonyl (C=O) groups excluding carboxylic acids is 1. The Balaban J connectivity index is 1.63. The monoisotopic (exact) mass is 348 g/mol. The van der Waals surface area contributed by atoms with E-state index in [0.29, 0.717) is 23.9 Å². The lowest BCUT2D eigenvalue weighted by Gasteiger charge is -2.35. The van der Waals surface area contributed by atoms with Crippen molar-refractivity contribution in [3.05, 3.63) is 46.7 Å². The van der Waals surface area contributed by atoms with Crippen molar-refractivity contribution in [3.8, 4) is 0 Å². The van der Waals surface area contributed by atoms with Gasteiger partial charge in [0.15, 0.2) is 5.69 Å². The SMILES string of the molecule is CC1(C)CC(NC(=O)c2cn(Cc3ccccc3Cl)nn2)CCO1. The van der Waals surface area contributed by atoms with Gasteiger partial charge in [0.1, 0.15) is 0 Å². The second-order valence-corrected chi connectivity index (χ2v) is 7.07. The van der Waals surface area contributed by atoms with E-state index in [2.05, 4.69) is 15.6 Å². The van der Waals surface area contributed by atoms with E-state index in [1.807, 2.05) is 38.1 Å². The van der Waals surface area contributed by atoms with Crippen LogP contribution in [0.15, 0.2) is 30.5 Å². The Labute approximate surface area is 146 Å². The van der Waals surface area contributed by atoms with Gasteiger partial charge in [0, 0.05) is 17.7 Å². The number of nitrogens with one attached hydrogen (secondary N) is 1. The standard InChI is InChI=1S/C17H21ClN4O2/c1-17(2)9-13(7-8-24-17)19-16(23)15-11-22(21-20-15)10-12-5-3-4-6-14(12)18/h3-6,11,13H,7-10H2,1-2H3,(H,19,23). The molecule has 24 heavy (non-hydrogen) atoms. The zero-order valence-electron chi connectivity index (χ0n) is 13.8. The van der Waals surface area contributed by atoms with Gasteiger partial charge in [-0.05, 0) is 38.3 Å². The average Bonchev–Trinajstić information content (AvgIpc) is 2.97. The minimum Gasteiger partial charge on any atom is -0.375 e. The molecule has 0 aliphatic carbocycles. The zero-order chi connectivity index (χ0) is 17.2. The molecule has 1 fully saturated rings. The van der Waals surface area contributed by atoms with Crippen molar-refractivity contribution in [2.24, 2.45) is 0 Å². The molecule has 2 heterocycles. The van der Waals surface area contributed by atoms with Crippen LogP contribution in [0.2, 0.25) is 5.02 Å². The average molecular weight is 349 g/mol. The number of benzene rings is 1. The number of amides is 1. The highest BCUT2D eigenvalue weighted by molar-refractivity contribution is 6.31. The molecule has 128 valence electrons. The van der Waals surface area contributed by atoms with Gasteiger partial charge in [-0.2, -0.15) is 0 Å². The van der Waals surface area contributed by atoms with Crippen LogP contribution in [0.5, 0.6) is 0 Å². The quantitative estimate of drug-likeness (QED) is 0.922. The summed E-state index contributed by atoms with van der Waals surface area (Å²) >= 11 is 6.15. The molecule has 1 aliphatic rings. The number of carbonyl (C=O) groups is 1. The summed E-state index contributed by atoms with van der Waals surface area (Å²) < 4.78 is 7.28. The Morgan fingerprint density at radius 3 is 3.00 bits per heavy atom. The fourth-order valence-electron chi connectivity index (χ4n) is 2.90. The molecule has 1 aromatic heterocycles. The van der Waals surface area contributed by atoms with Crippen molar-refractivity contribution in [2.45, 2.75) is 44.9 Å². The van der Waals surface area contributed by atoms with Gasteiger partial charge in [0.2, 0.25) is 0 Å². The molecule has 3 rings (SSSR count). The zero-order valence-corrected chi connectivity index (χ0v) is 14.6. The maximum Gasteiger partial charge on any atom is 0.273 e. The molecule has 1 atom stereocenters. The first-order valence-corrected chi connectivity index (χ1v) is 8.39. The third-order valence-corrected chi connectivity index (χ3v) is 4.46. The van der Waals surface area contributed by atoms with E-state index in [4.69, 9.17) is 16.3 Å². The molecule has 1 N–H and O–H groups in total. The lowest BCUT2D eigenvalue weighted by molar-refractivity contribution is -0.0615. The Morgan fingerprint density at radius 2 is 2.25 bits per heavy atom. The highest BCUT2D eigenvalue weighted by atomic mass is 35.5. The number of nitrogens with zero attached hydrogens (tertiary/aromatic N) is 3. The number of aromatic nitrogens is 3. The summed E-state index contributed by atoms with van der Waals surface area (Å²) in [6, 6.07) is 7.64. The Hall–Kier alpha value is -1.92. The van der Waals surface area contributed by atoms with Crippen LogP contribution in [0.3, 0.4) is 0 Å². The molecule has 1 amide bonds. The lowest BCUT2D eigenvalue weighted by Crippen LogP contribution is -2.45. The summed E-state index contributed by atoms with van der Waals surface area (Å²) in [5.41, 5.74) is 1.03. The van der Waals surface area contributed by atoms with Crippen LogP contribution < -0.4 is 5.32 Å². The highest BCUT2D eigenvalue weighted by Crippen LogP contribution is 2.24. The molecule has 2 aromatic rings. The van der Waals surface area contributed by atoms with Crippen molar-refractivity contribution in [2.75, 3.05) is 6.61 Å². The molecule has 1 saturated heterocycles. The molecule has 1 aliphatic heterocycles. The number of hydrogen-bond acceptors (Lipinski definition) is 4. The Morgan fingerprint density at radius 1 is 1.46 bits per heavy atom. The largest absolute Gasteiger partial charge is 0.375 e. The van der Waals surface area contributed by atoms with Crippen LogP contribution in [-0.2, 0) is 11.3 Å². The van der Waals surface area contributed by atoms with Gasteiger partial charge in [-0.15, -0.1) is 5.10 Å². The predicted molar refractivity (Wildman–Crippen MR) is 91.1 cm³/mol. The van der Waals surface area contributed by atoms with Gasteiger partial charge in [0.25, 0.3) is 5.91 Å². The molecule has 0 radical (unpaired) electrons. The first kappa shape index (κ1) is 16.9. The van der Waals surface area contributed by atoms with E-state index in [0.717, 1.165) is 18.4 Å². The smallest absolute Gasteiger partial charge is 0.273 e. The van der Waals surface area contributed by atoms with E-state index in [1.165, 1.54) is 0 Å². The molecule has 1 unspecified atom stereocenters. The summed E-state index contributed by atoms with van der Waals surface area (Å²) in [7, 11) is 0. The van der Waals surface area contributed by atoms with Crippen molar-refractivity contribution in [3.63, 3.8) is 0 Å². The summed E-state index contributed by atoms with van der Waals surface area (Å²) in [6.45, 7) is 5.19. The fraction of sp³-hybridized carbons (Fsp3) is 0.471. The summed E-state index contributed by atoms with van der Waals surface area (Å²) in [6.07, 6.45) is 3.23. The Kier molecular flexibility index (Phi) is 4.87. The highest BCUT2D eigenvalue weighted by Gasteiger charge is 2.30. The second kappa shape index (κ2) is 6.91. The predicted octanol–water partition coefficient (Wildman–Crippen LogP) is 2.67. The van der Waals surface area contributed by atoms with Gasteiger partial charge >= 0.3 is 0 Å². The summed E-state index contributed by atoms with van der Waals surface area (Å²) in [5.74, 6) is -0.205. The third-order valence-electron chi connectivity index (χ3n) is 4.09.